The fourth-order valence-electron chi connectivity index (χ4n) is 2.08. The highest BCUT2D eigenvalue weighted by Crippen LogP contribution is 2.15. The fourth-order valence-corrected chi connectivity index (χ4v) is 2.60. The van der Waals surface area contributed by atoms with E-state index in [9.17, 15) is 23.3 Å². The standard InChI is InChI=1S/C18H17N5O4S/c1-12(24)22-15-4-2-14(3-5-15)21-11-13(10-19)18(25)23-16-6-8-17(9-7-16)28(20,26)27/h2-9,11,21H,1H3,(H,22,24)(H,23,25)(H2,20,26,27)/b13-11-. The van der Waals surface area contributed by atoms with Crippen LogP contribution in [-0.4, -0.2) is 20.2 Å². The Labute approximate surface area is 161 Å². The van der Waals surface area contributed by atoms with Crippen LogP contribution in [0.4, 0.5) is 17.1 Å². The van der Waals surface area contributed by atoms with E-state index in [0.717, 1.165) is 0 Å². The maximum atomic E-state index is 12.2. The second-order valence-corrected chi connectivity index (χ2v) is 7.16. The highest BCUT2D eigenvalue weighted by Gasteiger charge is 2.11. The average Bonchev–Trinajstić information content (AvgIpc) is 2.63. The first-order valence-corrected chi connectivity index (χ1v) is 9.42. The Balaban J connectivity index is 2.04. The number of nitrogens with zero attached hydrogens (tertiary/aromatic N) is 1. The van der Waals surface area contributed by atoms with Crippen LogP contribution in [-0.2, 0) is 19.6 Å². The number of amides is 2. The van der Waals surface area contributed by atoms with Crippen molar-refractivity contribution in [2.75, 3.05) is 16.0 Å². The summed E-state index contributed by atoms with van der Waals surface area (Å²) in [5.74, 6) is -0.866. The van der Waals surface area contributed by atoms with Crippen molar-refractivity contribution in [3.05, 3.63) is 60.3 Å². The predicted octanol–water partition coefficient (Wildman–Crippen LogP) is 1.75. The lowest BCUT2D eigenvalue weighted by molar-refractivity contribution is -0.114. The number of primary sulfonamides is 1. The van der Waals surface area contributed by atoms with Crippen molar-refractivity contribution in [1.29, 1.82) is 5.26 Å². The Bertz CT molecular complexity index is 1050. The smallest absolute Gasteiger partial charge is 0.267 e. The van der Waals surface area contributed by atoms with Gasteiger partial charge < -0.3 is 16.0 Å². The zero-order valence-corrected chi connectivity index (χ0v) is 15.6. The molecule has 0 spiro atoms. The van der Waals surface area contributed by atoms with E-state index in [2.05, 4.69) is 16.0 Å². The summed E-state index contributed by atoms with van der Waals surface area (Å²) in [6, 6.07) is 13.7. The third-order valence-electron chi connectivity index (χ3n) is 3.39. The van der Waals surface area contributed by atoms with Gasteiger partial charge in [-0.05, 0) is 48.5 Å². The minimum atomic E-state index is -3.83. The van der Waals surface area contributed by atoms with Crippen molar-refractivity contribution in [2.24, 2.45) is 5.14 Å². The van der Waals surface area contributed by atoms with Gasteiger partial charge in [0.15, 0.2) is 0 Å². The lowest BCUT2D eigenvalue weighted by Gasteiger charge is -2.07. The Hall–Kier alpha value is -3.68. The van der Waals surface area contributed by atoms with E-state index in [1.54, 1.807) is 30.3 Å². The SMILES string of the molecule is CC(=O)Nc1ccc(N/C=C(/C#N)C(=O)Nc2ccc(S(N)(=O)=O)cc2)cc1. The third kappa shape index (κ3) is 5.94. The van der Waals surface area contributed by atoms with E-state index in [4.69, 9.17) is 5.14 Å². The Kier molecular flexibility index (Phi) is 6.49. The molecule has 144 valence electrons. The maximum Gasteiger partial charge on any atom is 0.267 e. The molecule has 2 rings (SSSR count). The van der Waals surface area contributed by atoms with Crippen molar-refractivity contribution in [3.8, 4) is 6.07 Å². The first-order chi connectivity index (χ1) is 13.2. The van der Waals surface area contributed by atoms with Crippen LogP contribution in [0.3, 0.4) is 0 Å². The molecule has 2 aromatic carbocycles. The van der Waals surface area contributed by atoms with Gasteiger partial charge in [0.1, 0.15) is 11.6 Å². The third-order valence-corrected chi connectivity index (χ3v) is 4.32. The van der Waals surface area contributed by atoms with Gasteiger partial charge in [-0.25, -0.2) is 13.6 Å². The molecule has 28 heavy (non-hydrogen) atoms. The summed E-state index contributed by atoms with van der Waals surface area (Å²) < 4.78 is 22.4. The van der Waals surface area contributed by atoms with Gasteiger partial charge in [-0.3, -0.25) is 9.59 Å². The Morgan fingerprint density at radius 2 is 1.46 bits per heavy atom. The average molecular weight is 399 g/mol. The largest absolute Gasteiger partial charge is 0.360 e. The number of hydrogen-bond acceptors (Lipinski definition) is 6. The van der Waals surface area contributed by atoms with Crippen LogP contribution in [0.25, 0.3) is 0 Å². The van der Waals surface area contributed by atoms with Gasteiger partial charge in [0.05, 0.1) is 4.90 Å². The summed E-state index contributed by atoms with van der Waals surface area (Å²) in [6.45, 7) is 1.40. The molecule has 0 unspecified atom stereocenters. The van der Waals surface area contributed by atoms with Crippen LogP contribution in [0, 0.1) is 11.3 Å². The van der Waals surface area contributed by atoms with Crippen molar-refractivity contribution in [2.45, 2.75) is 11.8 Å². The molecule has 0 aliphatic heterocycles. The van der Waals surface area contributed by atoms with Crippen LogP contribution >= 0.6 is 0 Å². The number of sulfonamides is 1. The number of hydrogen-bond donors (Lipinski definition) is 4. The van der Waals surface area contributed by atoms with Crippen molar-refractivity contribution in [1.82, 2.24) is 0 Å². The van der Waals surface area contributed by atoms with Gasteiger partial charge >= 0.3 is 0 Å². The number of rotatable bonds is 6. The molecule has 2 amide bonds. The van der Waals surface area contributed by atoms with E-state index in [1.807, 2.05) is 0 Å². The number of nitriles is 1. The lowest BCUT2D eigenvalue weighted by atomic mass is 10.2. The molecule has 10 heteroatoms. The van der Waals surface area contributed by atoms with Crippen LogP contribution in [0.1, 0.15) is 6.92 Å². The number of benzene rings is 2. The molecule has 9 nitrogen and oxygen atoms in total. The number of nitrogens with two attached hydrogens (primary N) is 1. The quantitative estimate of drug-likeness (QED) is 0.428. The fraction of sp³-hybridized carbons (Fsp3) is 0.0556. The molecule has 0 aliphatic rings. The molecule has 0 atom stereocenters. The number of nitrogens with one attached hydrogen (secondary N) is 3. The van der Waals surface area contributed by atoms with Gasteiger partial charge in [0.2, 0.25) is 15.9 Å². The molecular weight excluding hydrogens is 382 g/mol. The maximum absolute atomic E-state index is 12.2. The van der Waals surface area contributed by atoms with Gasteiger partial charge in [0, 0.05) is 30.2 Å². The molecule has 0 heterocycles. The summed E-state index contributed by atoms with van der Waals surface area (Å²) in [6.07, 6.45) is 1.24. The highest BCUT2D eigenvalue weighted by atomic mass is 32.2. The summed E-state index contributed by atoms with van der Waals surface area (Å²) in [4.78, 5) is 23.1. The number of carbonyl (C=O) groups is 2. The Morgan fingerprint density at radius 1 is 0.964 bits per heavy atom. The first kappa shape index (κ1) is 20.6. The van der Waals surface area contributed by atoms with Gasteiger partial charge in [-0.15, -0.1) is 0 Å². The van der Waals surface area contributed by atoms with E-state index < -0.39 is 15.9 Å². The molecule has 0 bridgehead atoms. The van der Waals surface area contributed by atoms with Crippen LogP contribution in [0.15, 0.2) is 65.2 Å². The zero-order chi connectivity index (χ0) is 20.7. The Morgan fingerprint density at radius 3 is 1.96 bits per heavy atom. The topological polar surface area (TPSA) is 154 Å². The van der Waals surface area contributed by atoms with Crippen molar-refractivity contribution < 1.29 is 18.0 Å². The lowest BCUT2D eigenvalue weighted by Crippen LogP contribution is -2.15. The van der Waals surface area contributed by atoms with Gasteiger partial charge in [-0.1, -0.05) is 0 Å². The highest BCUT2D eigenvalue weighted by molar-refractivity contribution is 7.89. The van der Waals surface area contributed by atoms with E-state index in [-0.39, 0.29) is 16.4 Å². The molecule has 0 aromatic heterocycles. The molecule has 0 fully saturated rings. The minimum absolute atomic E-state index is 0.0917. The minimum Gasteiger partial charge on any atom is -0.360 e. The van der Waals surface area contributed by atoms with Crippen molar-refractivity contribution in [3.63, 3.8) is 0 Å². The summed E-state index contributed by atoms with van der Waals surface area (Å²) >= 11 is 0. The molecule has 0 radical (unpaired) electrons. The predicted molar refractivity (Wildman–Crippen MR) is 105 cm³/mol. The zero-order valence-electron chi connectivity index (χ0n) is 14.8. The first-order valence-electron chi connectivity index (χ1n) is 7.88. The van der Waals surface area contributed by atoms with Crippen LogP contribution in [0.2, 0.25) is 0 Å². The summed E-state index contributed by atoms with van der Waals surface area (Å²) in [5, 5.41) is 22.1. The van der Waals surface area contributed by atoms with E-state index >= 15 is 0 Å². The second-order valence-electron chi connectivity index (χ2n) is 5.60. The van der Waals surface area contributed by atoms with Crippen LogP contribution in [0.5, 0.6) is 0 Å². The van der Waals surface area contributed by atoms with Gasteiger partial charge in [-0.2, -0.15) is 5.26 Å². The molecule has 0 saturated heterocycles. The van der Waals surface area contributed by atoms with Crippen molar-refractivity contribution >= 4 is 38.9 Å². The van der Waals surface area contributed by atoms with Gasteiger partial charge in [0.25, 0.3) is 5.91 Å². The molecule has 5 N–H and O–H groups in total. The van der Waals surface area contributed by atoms with Crippen LogP contribution < -0.4 is 21.1 Å². The molecule has 0 saturated carbocycles. The number of carbonyl (C=O) groups excluding carboxylic acids is 2. The molecule has 2 aromatic rings. The van der Waals surface area contributed by atoms with E-state index in [1.165, 1.54) is 37.4 Å². The second kappa shape index (κ2) is 8.81. The van der Waals surface area contributed by atoms with E-state index in [0.29, 0.717) is 17.1 Å². The monoisotopic (exact) mass is 399 g/mol. The molecular formula is C18H17N5O4S. The molecule has 0 aliphatic carbocycles. The normalized spacial score (nSPS) is 11.2. The number of anilines is 3. The summed E-state index contributed by atoms with van der Waals surface area (Å²) in [7, 11) is -3.83. The summed E-state index contributed by atoms with van der Waals surface area (Å²) in [5.41, 5.74) is 1.33.